The van der Waals surface area contributed by atoms with Crippen LogP contribution in [-0.4, -0.2) is 13.2 Å². The summed E-state index contributed by atoms with van der Waals surface area (Å²) in [6.07, 6.45) is 6.80. The zero-order valence-electron chi connectivity index (χ0n) is 11.3. The van der Waals surface area contributed by atoms with Crippen LogP contribution in [0.4, 0.5) is 0 Å². The normalized spacial score (nSPS) is 32.2. The molecule has 0 radical (unpaired) electrons. The fourth-order valence-corrected chi connectivity index (χ4v) is 4.08. The van der Waals surface area contributed by atoms with Gasteiger partial charge in [-0.15, -0.1) is 0 Å². The fraction of sp³-hybridized carbons (Fsp3) is 1.00. The SMILES string of the molecule is CC1(C)COOCC(C)(C)C12CCCCC2. The molecule has 0 aromatic heterocycles. The average molecular weight is 226 g/mol. The molecule has 1 aliphatic carbocycles. The predicted molar refractivity (Wildman–Crippen MR) is 65.0 cm³/mol. The van der Waals surface area contributed by atoms with E-state index in [2.05, 4.69) is 27.7 Å². The first-order valence-electron chi connectivity index (χ1n) is 6.66. The topological polar surface area (TPSA) is 18.5 Å². The van der Waals surface area contributed by atoms with E-state index in [9.17, 15) is 0 Å². The lowest BCUT2D eigenvalue weighted by molar-refractivity contribution is -0.304. The minimum atomic E-state index is 0.216. The Balaban J connectivity index is 2.38. The maximum Gasteiger partial charge on any atom is 0.0878 e. The highest BCUT2D eigenvalue weighted by Gasteiger charge is 2.56. The molecule has 0 amide bonds. The summed E-state index contributed by atoms with van der Waals surface area (Å²) < 4.78 is 0. The Morgan fingerprint density at radius 3 is 1.56 bits per heavy atom. The minimum absolute atomic E-state index is 0.216. The van der Waals surface area contributed by atoms with Gasteiger partial charge in [0.05, 0.1) is 13.2 Å². The lowest BCUT2D eigenvalue weighted by Gasteiger charge is -2.56. The zero-order chi connectivity index (χ0) is 11.9. The maximum atomic E-state index is 5.37. The summed E-state index contributed by atoms with van der Waals surface area (Å²) >= 11 is 0. The quantitative estimate of drug-likeness (QED) is 0.582. The van der Waals surface area contributed by atoms with Gasteiger partial charge in [-0.25, -0.2) is 9.78 Å². The van der Waals surface area contributed by atoms with Crippen molar-refractivity contribution in [1.82, 2.24) is 0 Å². The van der Waals surface area contributed by atoms with Crippen LogP contribution in [0.3, 0.4) is 0 Å². The molecular weight excluding hydrogens is 200 g/mol. The number of hydrogen-bond donors (Lipinski definition) is 0. The lowest BCUT2D eigenvalue weighted by atomic mass is 9.48. The molecule has 2 heteroatoms. The molecule has 16 heavy (non-hydrogen) atoms. The molecule has 1 saturated carbocycles. The Bertz CT molecular complexity index is 229. The first-order valence-corrected chi connectivity index (χ1v) is 6.66. The summed E-state index contributed by atoms with van der Waals surface area (Å²) in [5.41, 5.74) is 0.815. The summed E-state index contributed by atoms with van der Waals surface area (Å²) in [6, 6.07) is 0. The zero-order valence-corrected chi connectivity index (χ0v) is 11.3. The van der Waals surface area contributed by atoms with E-state index in [1.807, 2.05) is 0 Å². The second-order valence-electron chi connectivity index (χ2n) is 6.93. The number of hydrogen-bond acceptors (Lipinski definition) is 2. The molecule has 94 valence electrons. The van der Waals surface area contributed by atoms with Gasteiger partial charge in [0.2, 0.25) is 0 Å². The molecule has 2 rings (SSSR count). The van der Waals surface area contributed by atoms with Crippen molar-refractivity contribution >= 4 is 0 Å². The van der Waals surface area contributed by atoms with Crippen LogP contribution in [0.5, 0.6) is 0 Å². The van der Waals surface area contributed by atoms with Gasteiger partial charge in [-0.05, 0) is 29.1 Å². The summed E-state index contributed by atoms with van der Waals surface area (Å²) in [4.78, 5) is 10.7. The van der Waals surface area contributed by atoms with E-state index in [4.69, 9.17) is 9.78 Å². The molecule has 0 aromatic rings. The Labute approximate surface area is 99.6 Å². The second-order valence-corrected chi connectivity index (χ2v) is 6.93. The highest BCUT2D eigenvalue weighted by molar-refractivity contribution is 5.03. The Kier molecular flexibility index (Phi) is 3.09. The molecule has 0 aromatic carbocycles. The van der Waals surface area contributed by atoms with Crippen molar-refractivity contribution in [1.29, 1.82) is 0 Å². The van der Waals surface area contributed by atoms with Crippen molar-refractivity contribution in [3.63, 3.8) is 0 Å². The monoisotopic (exact) mass is 226 g/mol. The van der Waals surface area contributed by atoms with Gasteiger partial charge in [0.25, 0.3) is 0 Å². The number of rotatable bonds is 0. The Morgan fingerprint density at radius 1 is 0.688 bits per heavy atom. The third-order valence-electron chi connectivity index (χ3n) is 5.22. The average Bonchev–Trinajstić information content (AvgIpc) is 2.31. The molecule has 0 unspecified atom stereocenters. The third kappa shape index (κ3) is 1.70. The van der Waals surface area contributed by atoms with Crippen molar-refractivity contribution in [2.75, 3.05) is 13.2 Å². The van der Waals surface area contributed by atoms with Crippen molar-refractivity contribution in [2.24, 2.45) is 16.2 Å². The smallest absolute Gasteiger partial charge is 0.0878 e. The van der Waals surface area contributed by atoms with Crippen LogP contribution in [0.15, 0.2) is 0 Å². The van der Waals surface area contributed by atoms with Crippen LogP contribution in [-0.2, 0) is 9.78 Å². The molecule has 0 N–H and O–H groups in total. The van der Waals surface area contributed by atoms with Gasteiger partial charge in [0.15, 0.2) is 0 Å². The third-order valence-corrected chi connectivity index (χ3v) is 5.22. The van der Waals surface area contributed by atoms with Gasteiger partial charge in [0, 0.05) is 0 Å². The maximum absolute atomic E-state index is 5.37. The van der Waals surface area contributed by atoms with E-state index >= 15 is 0 Å². The summed E-state index contributed by atoms with van der Waals surface area (Å²) in [5.74, 6) is 0. The van der Waals surface area contributed by atoms with Crippen LogP contribution < -0.4 is 0 Å². The van der Waals surface area contributed by atoms with Crippen molar-refractivity contribution in [3.8, 4) is 0 Å². The first-order chi connectivity index (χ1) is 7.41. The second kappa shape index (κ2) is 3.99. The van der Waals surface area contributed by atoms with Gasteiger partial charge in [-0.3, -0.25) is 0 Å². The highest BCUT2D eigenvalue weighted by atomic mass is 17.2. The van der Waals surface area contributed by atoms with Crippen molar-refractivity contribution in [2.45, 2.75) is 59.8 Å². The molecule has 1 saturated heterocycles. The van der Waals surface area contributed by atoms with E-state index in [1.54, 1.807) is 0 Å². The summed E-state index contributed by atoms with van der Waals surface area (Å²) in [7, 11) is 0. The van der Waals surface area contributed by atoms with E-state index < -0.39 is 0 Å². The summed E-state index contributed by atoms with van der Waals surface area (Å²) in [6.45, 7) is 10.9. The van der Waals surface area contributed by atoms with E-state index in [0.29, 0.717) is 5.41 Å². The van der Waals surface area contributed by atoms with E-state index in [0.717, 1.165) is 13.2 Å². The molecule has 2 nitrogen and oxygen atoms in total. The van der Waals surface area contributed by atoms with Crippen LogP contribution >= 0.6 is 0 Å². The summed E-state index contributed by atoms with van der Waals surface area (Å²) in [5, 5.41) is 0. The Morgan fingerprint density at radius 2 is 1.12 bits per heavy atom. The van der Waals surface area contributed by atoms with Gasteiger partial charge in [0.1, 0.15) is 0 Å². The molecule has 0 atom stereocenters. The van der Waals surface area contributed by atoms with Crippen molar-refractivity contribution < 1.29 is 9.78 Å². The molecule has 2 aliphatic rings. The Hall–Kier alpha value is -0.0800. The molecule has 0 bridgehead atoms. The molecule has 1 spiro atoms. The van der Waals surface area contributed by atoms with Crippen LogP contribution in [0.25, 0.3) is 0 Å². The van der Waals surface area contributed by atoms with E-state index in [-0.39, 0.29) is 10.8 Å². The van der Waals surface area contributed by atoms with Gasteiger partial charge in [-0.2, -0.15) is 0 Å². The highest BCUT2D eigenvalue weighted by Crippen LogP contribution is 2.60. The molecule has 1 aliphatic heterocycles. The van der Waals surface area contributed by atoms with Gasteiger partial charge >= 0.3 is 0 Å². The lowest BCUT2D eigenvalue weighted by Crippen LogP contribution is -2.51. The molecule has 1 heterocycles. The molecule has 2 fully saturated rings. The van der Waals surface area contributed by atoms with Crippen LogP contribution in [0.2, 0.25) is 0 Å². The standard InChI is InChI=1S/C14H26O2/c1-12(2)10-15-16-11-13(3,4)14(12)8-6-5-7-9-14/h5-11H2,1-4H3. The predicted octanol–water partition coefficient (Wildman–Crippen LogP) is 3.95. The van der Waals surface area contributed by atoms with Crippen LogP contribution in [0.1, 0.15) is 59.8 Å². The molecular formula is C14H26O2. The fourth-order valence-electron chi connectivity index (χ4n) is 4.08. The van der Waals surface area contributed by atoms with Gasteiger partial charge < -0.3 is 0 Å². The van der Waals surface area contributed by atoms with Crippen molar-refractivity contribution in [3.05, 3.63) is 0 Å². The largest absolute Gasteiger partial charge is 0.236 e. The van der Waals surface area contributed by atoms with E-state index in [1.165, 1.54) is 32.1 Å². The minimum Gasteiger partial charge on any atom is -0.236 e. The first kappa shape index (κ1) is 12.4. The van der Waals surface area contributed by atoms with Gasteiger partial charge in [-0.1, -0.05) is 47.0 Å². The van der Waals surface area contributed by atoms with Crippen LogP contribution in [0, 0.1) is 16.2 Å².